The number of nitrogens with zero attached hydrogens (tertiary/aromatic N) is 2. The standard InChI is InChI=1S/C19H17N3O4S/c1-12-3-8-15(17(9-12)22(24)25)21-19(23)16-11-27-18(20-16)10-13-4-6-14(26-2)7-5-13/h3-9,11H,10H2,1-2H3,(H,21,23). The predicted molar refractivity (Wildman–Crippen MR) is 104 cm³/mol. The van der Waals surface area contributed by atoms with Gasteiger partial charge in [0.05, 0.1) is 17.0 Å². The number of rotatable bonds is 6. The molecule has 2 aromatic carbocycles. The number of carbonyl (C=O) groups is 1. The largest absolute Gasteiger partial charge is 0.497 e. The Balaban J connectivity index is 1.72. The van der Waals surface area contributed by atoms with Crippen molar-refractivity contribution >= 4 is 28.6 Å². The highest BCUT2D eigenvalue weighted by Crippen LogP contribution is 2.26. The molecule has 0 aliphatic rings. The van der Waals surface area contributed by atoms with Crippen LogP contribution in [0.15, 0.2) is 47.8 Å². The highest BCUT2D eigenvalue weighted by Gasteiger charge is 2.18. The normalized spacial score (nSPS) is 10.4. The SMILES string of the molecule is COc1ccc(Cc2nc(C(=O)Nc3ccc(C)cc3[N+](=O)[O-])cs2)cc1. The van der Waals surface area contributed by atoms with Crippen LogP contribution in [0.1, 0.15) is 26.6 Å². The van der Waals surface area contributed by atoms with E-state index >= 15 is 0 Å². The second-order valence-electron chi connectivity index (χ2n) is 5.88. The van der Waals surface area contributed by atoms with Crippen LogP contribution in [0.3, 0.4) is 0 Å². The molecule has 8 heteroatoms. The minimum atomic E-state index is -0.515. The lowest BCUT2D eigenvalue weighted by Gasteiger charge is -2.05. The highest BCUT2D eigenvalue weighted by atomic mass is 32.1. The van der Waals surface area contributed by atoms with Crippen molar-refractivity contribution in [3.63, 3.8) is 0 Å². The van der Waals surface area contributed by atoms with Crippen molar-refractivity contribution in [2.45, 2.75) is 13.3 Å². The zero-order valence-electron chi connectivity index (χ0n) is 14.8. The summed E-state index contributed by atoms with van der Waals surface area (Å²) >= 11 is 1.37. The Hall–Kier alpha value is -3.26. The van der Waals surface area contributed by atoms with E-state index in [1.54, 1.807) is 25.5 Å². The molecule has 1 aromatic heterocycles. The van der Waals surface area contributed by atoms with Crippen molar-refractivity contribution in [2.24, 2.45) is 0 Å². The van der Waals surface area contributed by atoms with E-state index in [1.165, 1.54) is 23.5 Å². The molecule has 0 unspecified atom stereocenters. The molecular weight excluding hydrogens is 366 g/mol. The van der Waals surface area contributed by atoms with Gasteiger partial charge in [-0.2, -0.15) is 0 Å². The number of thiazole rings is 1. The number of aryl methyl sites for hydroxylation is 1. The molecule has 0 bridgehead atoms. The lowest BCUT2D eigenvalue weighted by Crippen LogP contribution is -2.13. The number of nitro benzene ring substituents is 1. The maximum Gasteiger partial charge on any atom is 0.293 e. The van der Waals surface area contributed by atoms with Crippen molar-refractivity contribution in [3.05, 3.63) is 79.8 Å². The third-order valence-electron chi connectivity index (χ3n) is 3.90. The number of ether oxygens (including phenoxy) is 1. The summed E-state index contributed by atoms with van der Waals surface area (Å²) in [5, 5.41) is 16.2. The van der Waals surface area contributed by atoms with Crippen molar-refractivity contribution in [3.8, 4) is 5.75 Å². The van der Waals surface area contributed by atoms with Gasteiger partial charge in [-0.3, -0.25) is 14.9 Å². The van der Waals surface area contributed by atoms with Crippen LogP contribution in [-0.4, -0.2) is 22.9 Å². The molecule has 0 saturated heterocycles. The van der Waals surface area contributed by atoms with Gasteiger partial charge < -0.3 is 10.1 Å². The number of hydrogen-bond donors (Lipinski definition) is 1. The fraction of sp³-hybridized carbons (Fsp3) is 0.158. The van der Waals surface area contributed by atoms with Gasteiger partial charge in [-0.05, 0) is 36.2 Å². The van der Waals surface area contributed by atoms with Crippen molar-refractivity contribution in [2.75, 3.05) is 12.4 Å². The van der Waals surface area contributed by atoms with Crippen molar-refractivity contribution < 1.29 is 14.5 Å². The third kappa shape index (κ3) is 4.48. The van der Waals surface area contributed by atoms with Gasteiger partial charge in [0.25, 0.3) is 11.6 Å². The Kier molecular flexibility index (Phi) is 5.46. The summed E-state index contributed by atoms with van der Waals surface area (Å²) in [7, 11) is 1.61. The molecule has 3 rings (SSSR count). The van der Waals surface area contributed by atoms with E-state index in [1.807, 2.05) is 24.3 Å². The van der Waals surface area contributed by atoms with Gasteiger partial charge >= 0.3 is 0 Å². The minimum Gasteiger partial charge on any atom is -0.497 e. The van der Waals surface area contributed by atoms with Crippen LogP contribution >= 0.6 is 11.3 Å². The molecule has 0 saturated carbocycles. The average Bonchev–Trinajstić information content (AvgIpc) is 3.12. The predicted octanol–water partition coefficient (Wildman–Crippen LogP) is 4.21. The summed E-state index contributed by atoms with van der Waals surface area (Å²) in [6.07, 6.45) is 0.590. The topological polar surface area (TPSA) is 94.4 Å². The van der Waals surface area contributed by atoms with Crippen LogP contribution in [0.25, 0.3) is 0 Å². The van der Waals surface area contributed by atoms with E-state index in [2.05, 4.69) is 10.3 Å². The van der Waals surface area contributed by atoms with Gasteiger partial charge in [0.15, 0.2) is 0 Å². The first-order chi connectivity index (χ1) is 13.0. The molecular formula is C19H17N3O4S. The van der Waals surface area contributed by atoms with Crippen LogP contribution in [0.5, 0.6) is 5.75 Å². The molecule has 0 aliphatic carbocycles. The van der Waals surface area contributed by atoms with Crippen LogP contribution in [-0.2, 0) is 6.42 Å². The number of amides is 1. The Morgan fingerprint density at radius 2 is 2.00 bits per heavy atom. The number of nitro groups is 1. The van der Waals surface area contributed by atoms with E-state index in [9.17, 15) is 14.9 Å². The number of aromatic nitrogens is 1. The molecule has 0 spiro atoms. The first-order valence-corrected chi connectivity index (χ1v) is 8.98. The third-order valence-corrected chi connectivity index (χ3v) is 4.75. The molecule has 1 N–H and O–H groups in total. The van der Waals surface area contributed by atoms with Crippen molar-refractivity contribution in [1.29, 1.82) is 0 Å². The summed E-state index contributed by atoms with van der Waals surface area (Å²) in [5.74, 6) is 0.303. The molecule has 0 atom stereocenters. The number of anilines is 1. The van der Waals surface area contributed by atoms with E-state index in [4.69, 9.17) is 4.74 Å². The molecule has 27 heavy (non-hydrogen) atoms. The van der Waals surface area contributed by atoms with Gasteiger partial charge in [0.2, 0.25) is 0 Å². The molecule has 1 heterocycles. The van der Waals surface area contributed by atoms with Gasteiger partial charge in [0.1, 0.15) is 17.1 Å². The number of hydrogen-bond acceptors (Lipinski definition) is 6. The van der Waals surface area contributed by atoms with Crippen molar-refractivity contribution in [1.82, 2.24) is 4.98 Å². The summed E-state index contributed by atoms with van der Waals surface area (Å²) in [6.45, 7) is 1.75. The molecule has 1 amide bonds. The lowest BCUT2D eigenvalue weighted by molar-refractivity contribution is -0.384. The minimum absolute atomic E-state index is 0.142. The number of carbonyl (C=O) groups excluding carboxylic acids is 1. The summed E-state index contributed by atoms with van der Waals surface area (Å²) < 4.78 is 5.13. The zero-order valence-corrected chi connectivity index (χ0v) is 15.6. The first-order valence-electron chi connectivity index (χ1n) is 8.10. The molecule has 7 nitrogen and oxygen atoms in total. The monoisotopic (exact) mass is 383 g/mol. The van der Waals surface area contributed by atoms with Crippen LogP contribution in [0, 0.1) is 17.0 Å². The fourth-order valence-electron chi connectivity index (χ4n) is 2.50. The van der Waals surface area contributed by atoms with E-state index in [-0.39, 0.29) is 17.1 Å². The summed E-state index contributed by atoms with van der Waals surface area (Å²) in [6, 6.07) is 12.3. The van der Waals surface area contributed by atoms with E-state index < -0.39 is 10.8 Å². The summed E-state index contributed by atoms with van der Waals surface area (Å²) in [5.41, 5.74) is 2.04. The molecule has 0 radical (unpaired) electrons. The van der Waals surface area contributed by atoms with Crippen LogP contribution < -0.4 is 10.1 Å². The molecule has 3 aromatic rings. The molecule has 0 aliphatic heterocycles. The van der Waals surface area contributed by atoms with E-state index in [0.29, 0.717) is 6.42 Å². The summed E-state index contributed by atoms with van der Waals surface area (Å²) in [4.78, 5) is 27.4. The maximum absolute atomic E-state index is 12.4. The Morgan fingerprint density at radius 1 is 1.26 bits per heavy atom. The smallest absolute Gasteiger partial charge is 0.293 e. The number of benzene rings is 2. The fourth-order valence-corrected chi connectivity index (χ4v) is 3.31. The Morgan fingerprint density at radius 3 is 2.67 bits per heavy atom. The number of methoxy groups -OCH3 is 1. The quantitative estimate of drug-likeness (QED) is 0.508. The zero-order chi connectivity index (χ0) is 19.4. The van der Waals surface area contributed by atoms with Gasteiger partial charge in [-0.1, -0.05) is 18.2 Å². The average molecular weight is 383 g/mol. The molecule has 0 fully saturated rings. The first kappa shape index (κ1) is 18.5. The maximum atomic E-state index is 12.4. The van der Waals surface area contributed by atoms with E-state index in [0.717, 1.165) is 21.9 Å². The Labute approximate surface area is 159 Å². The molecule has 138 valence electrons. The lowest BCUT2D eigenvalue weighted by atomic mass is 10.1. The van der Waals surface area contributed by atoms with Gasteiger partial charge in [-0.15, -0.1) is 11.3 Å². The van der Waals surface area contributed by atoms with Gasteiger partial charge in [-0.25, -0.2) is 4.98 Å². The second-order valence-corrected chi connectivity index (χ2v) is 6.83. The van der Waals surface area contributed by atoms with Crippen LogP contribution in [0.4, 0.5) is 11.4 Å². The van der Waals surface area contributed by atoms with Crippen LogP contribution in [0.2, 0.25) is 0 Å². The Bertz CT molecular complexity index is 983. The highest BCUT2D eigenvalue weighted by molar-refractivity contribution is 7.09. The van der Waals surface area contributed by atoms with Gasteiger partial charge in [0, 0.05) is 17.9 Å². The number of nitrogens with one attached hydrogen (secondary N) is 1. The second kappa shape index (κ2) is 7.96.